The average Bonchev–Trinajstić information content (AvgIpc) is 2.55. The third-order valence-electron chi connectivity index (χ3n) is 4.10. The number of rotatable bonds is 3. The lowest BCUT2D eigenvalue weighted by Gasteiger charge is -2.14. The highest BCUT2D eigenvalue weighted by Gasteiger charge is 2.14. The van der Waals surface area contributed by atoms with Crippen LogP contribution in [0.15, 0.2) is 54.7 Å². The summed E-state index contributed by atoms with van der Waals surface area (Å²) < 4.78 is 0. The summed E-state index contributed by atoms with van der Waals surface area (Å²) in [4.78, 5) is 15.8. The van der Waals surface area contributed by atoms with E-state index in [0.717, 1.165) is 33.4 Å². The molecule has 4 heteroatoms. The summed E-state index contributed by atoms with van der Waals surface area (Å²) in [5, 5.41) is 0.450. The molecule has 1 heterocycles. The monoisotopic (exact) mass is 336 g/mol. The molecule has 0 radical (unpaired) electrons. The zero-order valence-electron chi connectivity index (χ0n) is 13.5. The van der Waals surface area contributed by atoms with Crippen molar-refractivity contribution in [2.75, 3.05) is 0 Å². The first kappa shape index (κ1) is 16.2. The van der Waals surface area contributed by atoms with Gasteiger partial charge in [0.2, 0.25) is 5.91 Å². The molecule has 2 aromatic carbocycles. The number of pyridine rings is 1. The molecule has 2 N–H and O–H groups in total. The maximum atomic E-state index is 11.8. The molecule has 0 saturated carbocycles. The number of carbonyl (C=O) groups excluding carboxylic acids is 1. The van der Waals surface area contributed by atoms with Crippen LogP contribution in [0.1, 0.15) is 21.5 Å². The van der Waals surface area contributed by atoms with Gasteiger partial charge in [0.05, 0.1) is 0 Å². The summed E-state index contributed by atoms with van der Waals surface area (Å²) in [7, 11) is 0. The Balaban J connectivity index is 2.22. The first-order valence-electron chi connectivity index (χ1n) is 7.59. The van der Waals surface area contributed by atoms with Crippen LogP contribution in [0.2, 0.25) is 5.15 Å². The van der Waals surface area contributed by atoms with E-state index >= 15 is 0 Å². The van der Waals surface area contributed by atoms with Gasteiger partial charge >= 0.3 is 0 Å². The molecule has 1 aromatic heterocycles. The molecule has 0 saturated heterocycles. The zero-order chi connectivity index (χ0) is 17.3. The Morgan fingerprint density at radius 3 is 2.50 bits per heavy atom. The van der Waals surface area contributed by atoms with Crippen LogP contribution < -0.4 is 5.73 Å². The number of nitrogens with two attached hydrogens (primary N) is 1. The molecule has 3 aromatic rings. The highest BCUT2D eigenvalue weighted by atomic mass is 35.5. The van der Waals surface area contributed by atoms with Gasteiger partial charge in [-0.1, -0.05) is 35.9 Å². The molecular formula is C20H17ClN2O. The van der Waals surface area contributed by atoms with Crippen molar-refractivity contribution in [1.29, 1.82) is 0 Å². The summed E-state index contributed by atoms with van der Waals surface area (Å²) >= 11 is 6.02. The summed E-state index contributed by atoms with van der Waals surface area (Å²) in [5.41, 5.74) is 12.1. The molecular weight excluding hydrogens is 320 g/mol. The van der Waals surface area contributed by atoms with Gasteiger partial charge < -0.3 is 5.73 Å². The van der Waals surface area contributed by atoms with Crippen molar-refractivity contribution in [3.8, 4) is 22.3 Å². The third kappa shape index (κ3) is 3.03. The molecule has 1 amide bonds. The van der Waals surface area contributed by atoms with Crippen molar-refractivity contribution >= 4 is 17.5 Å². The van der Waals surface area contributed by atoms with E-state index in [9.17, 15) is 4.79 Å². The maximum Gasteiger partial charge on any atom is 0.249 e. The van der Waals surface area contributed by atoms with Gasteiger partial charge in [-0.05, 0) is 71.5 Å². The van der Waals surface area contributed by atoms with Crippen LogP contribution in [-0.2, 0) is 0 Å². The van der Waals surface area contributed by atoms with Gasteiger partial charge in [0, 0.05) is 11.8 Å². The quantitative estimate of drug-likeness (QED) is 0.699. The fraction of sp³-hybridized carbons (Fsp3) is 0.100. The number of carbonyl (C=O) groups is 1. The molecule has 0 bridgehead atoms. The van der Waals surface area contributed by atoms with Gasteiger partial charge in [0.25, 0.3) is 0 Å². The Kier molecular flexibility index (Phi) is 4.36. The van der Waals surface area contributed by atoms with Gasteiger partial charge in [-0.3, -0.25) is 4.79 Å². The van der Waals surface area contributed by atoms with Gasteiger partial charge in [-0.25, -0.2) is 4.98 Å². The lowest BCUT2D eigenvalue weighted by atomic mass is 9.91. The number of hydrogen-bond donors (Lipinski definition) is 1. The predicted molar refractivity (Wildman–Crippen MR) is 98.1 cm³/mol. The van der Waals surface area contributed by atoms with E-state index in [4.69, 9.17) is 17.3 Å². The molecule has 0 unspecified atom stereocenters. The Morgan fingerprint density at radius 2 is 1.79 bits per heavy atom. The third-order valence-corrected chi connectivity index (χ3v) is 4.31. The van der Waals surface area contributed by atoms with Crippen molar-refractivity contribution in [2.24, 2.45) is 5.73 Å². The van der Waals surface area contributed by atoms with E-state index in [2.05, 4.69) is 11.1 Å². The summed E-state index contributed by atoms with van der Waals surface area (Å²) in [6.07, 6.45) is 1.69. The predicted octanol–water partition coefficient (Wildman–Crippen LogP) is 4.78. The van der Waals surface area contributed by atoms with E-state index < -0.39 is 5.91 Å². The Morgan fingerprint density at radius 1 is 1.00 bits per heavy atom. The molecule has 3 nitrogen and oxygen atoms in total. The Hall–Kier alpha value is -2.65. The standard InChI is InChI=1S/C20H17ClN2O/c1-12-6-7-15(10-17(12)14-8-9-23-18(21)11-14)19-13(2)4-3-5-16(19)20(22)24/h3-11H,1-2H3,(H2,22,24). The smallest absolute Gasteiger partial charge is 0.249 e. The van der Waals surface area contributed by atoms with Crippen LogP contribution in [0.4, 0.5) is 0 Å². The van der Waals surface area contributed by atoms with Crippen LogP contribution in [0.25, 0.3) is 22.3 Å². The molecule has 0 aliphatic heterocycles. The van der Waals surface area contributed by atoms with Gasteiger partial charge in [0.15, 0.2) is 0 Å². The number of primary amides is 1. The first-order chi connectivity index (χ1) is 11.5. The van der Waals surface area contributed by atoms with Crippen molar-refractivity contribution in [3.63, 3.8) is 0 Å². The van der Waals surface area contributed by atoms with Crippen molar-refractivity contribution in [3.05, 3.63) is 76.6 Å². The van der Waals surface area contributed by atoms with Gasteiger partial charge in [0.1, 0.15) is 5.15 Å². The number of hydrogen-bond acceptors (Lipinski definition) is 2. The topological polar surface area (TPSA) is 56.0 Å². The van der Waals surface area contributed by atoms with Crippen molar-refractivity contribution < 1.29 is 4.79 Å². The Bertz CT molecular complexity index is 935. The molecule has 24 heavy (non-hydrogen) atoms. The maximum absolute atomic E-state index is 11.8. The number of halogens is 1. The summed E-state index contributed by atoms with van der Waals surface area (Å²) in [5.74, 6) is -0.428. The van der Waals surface area contributed by atoms with Crippen LogP contribution in [0, 0.1) is 13.8 Å². The SMILES string of the molecule is Cc1ccc(-c2c(C)cccc2C(N)=O)cc1-c1ccnc(Cl)c1. The summed E-state index contributed by atoms with van der Waals surface area (Å²) in [6, 6.07) is 15.4. The van der Waals surface area contributed by atoms with E-state index in [1.54, 1.807) is 12.3 Å². The van der Waals surface area contributed by atoms with Crippen LogP contribution in [-0.4, -0.2) is 10.9 Å². The molecule has 0 spiro atoms. The lowest BCUT2D eigenvalue weighted by molar-refractivity contribution is 0.100. The van der Waals surface area contributed by atoms with Crippen LogP contribution in [0.5, 0.6) is 0 Å². The second-order valence-electron chi connectivity index (χ2n) is 5.76. The minimum atomic E-state index is -0.428. The number of aryl methyl sites for hydroxylation is 2. The number of aromatic nitrogens is 1. The molecule has 0 aliphatic rings. The number of amides is 1. The van der Waals surface area contributed by atoms with Crippen molar-refractivity contribution in [1.82, 2.24) is 4.98 Å². The largest absolute Gasteiger partial charge is 0.366 e. The number of nitrogens with zero attached hydrogens (tertiary/aromatic N) is 1. The molecule has 0 atom stereocenters. The average molecular weight is 337 g/mol. The molecule has 0 fully saturated rings. The fourth-order valence-corrected chi connectivity index (χ4v) is 3.09. The van der Waals surface area contributed by atoms with Crippen LogP contribution >= 0.6 is 11.6 Å². The molecule has 120 valence electrons. The second-order valence-corrected chi connectivity index (χ2v) is 6.15. The second kappa shape index (κ2) is 6.46. The van der Waals surface area contributed by atoms with E-state index in [0.29, 0.717) is 10.7 Å². The normalized spacial score (nSPS) is 10.6. The molecule has 3 rings (SSSR count). The van der Waals surface area contributed by atoms with E-state index in [1.165, 1.54) is 0 Å². The highest BCUT2D eigenvalue weighted by molar-refractivity contribution is 6.29. The zero-order valence-corrected chi connectivity index (χ0v) is 14.3. The van der Waals surface area contributed by atoms with E-state index in [1.807, 2.05) is 50.2 Å². The fourth-order valence-electron chi connectivity index (χ4n) is 2.91. The first-order valence-corrected chi connectivity index (χ1v) is 7.97. The van der Waals surface area contributed by atoms with Gasteiger partial charge in [-0.2, -0.15) is 0 Å². The highest BCUT2D eigenvalue weighted by Crippen LogP contribution is 2.33. The van der Waals surface area contributed by atoms with Crippen LogP contribution in [0.3, 0.4) is 0 Å². The minimum Gasteiger partial charge on any atom is -0.366 e. The summed E-state index contributed by atoms with van der Waals surface area (Å²) in [6.45, 7) is 4.02. The Labute approximate surface area is 146 Å². The number of benzene rings is 2. The van der Waals surface area contributed by atoms with E-state index in [-0.39, 0.29) is 0 Å². The molecule has 0 aliphatic carbocycles. The van der Waals surface area contributed by atoms with Gasteiger partial charge in [-0.15, -0.1) is 0 Å². The van der Waals surface area contributed by atoms with Crippen molar-refractivity contribution in [2.45, 2.75) is 13.8 Å². The minimum absolute atomic E-state index is 0.428. The lowest BCUT2D eigenvalue weighted by Crippen LogP contribution is -2.13.